The predicted molar refractivity (Wildman–Crippen MR) is 111 cm³/mol. The van der Waals surface area contributed by atoms with Crippen molar-refractivity contribution >= 4 is 11.8 Å². The maximum atomic E-state index is 13.2. The third-order valence-electron chi connectivity index (χ3n) is 7.30. The lowest BCUT2D eigenvalue weighted by Crippen LogP contribution is -2.52. The van der Waals surface area contributed by atoms with Gasteiger partial charge in [-0.15, -0.1) is 0 Å². The van der Waals surface area contributed by atoms with Gasteiger partial charge in [0.1, 0.15) is 5.82 Å². The van der Waals surface area contributed by atoms with Crippen LogP contribution in [0.1, 0.15) is 56.7 Å². The first-order valence-electron chi connectivity index (χ1n) is 11.3. The molecule has 6 nitrogen and oxygen atoms in total. The van der Waals surface area contributed by atoms with Crippen molar-refractivity contribution in [2.75, 3.05) is 31.1 Å². The molecule has 28 heavy (non-hydrogen) atoms. The van der Waals surface area contributed by atoms with E-state index in [9.17, 15) is 4.79 Å². The zero-order chi connectivity index (χ0) is 19.1. The lowest BCUT2D eigenvalue weighted by molar-refractivity contribution is 0.131. The van der Waals surface area contributed by atoms with Crippen molar-refractivity contribution in [1.82, 2.24) is 20.1 Å². The molecule has 2 saturated heterocycles. The number of nitrogens with zero attached hydrogens (tertiary/aromatic N) is 4. The van der Waals surface area contributed by atoms with Crippen LogP contribution in [0.15, 0.2) is 12.1 Å². The Morgan fingerprint density at radius 2 is 1.93 bits per heavy atom. The number of nitrogens with one attached hydrogen (secondary N) is 1. The van der Waals surface area contributed by atoms with Gasteiger partial charge in [0.2, 0.25) is 0 Å². The highest BCUT2D eigenvalue weighted by Gasteiger charge is 2.38. The van der Waals surface area contributed by atoms with E-state index in [0.29, 0.717) is 24.7 Å². The molecule has 1 N–H and O–H groups in total. The van der Waals surface area contributed by atoms with E-state index in [1.54, 1.807) is 0 Å². The molecule has 1 aliphatic carbocycles. The summed E-state index contributed by atoms with van der Waals surface area (Å²) in [4.78, 5) is 24.9. The molecule has 4 aliphatic rings. The first kappa shape index (κ1) is 18.2. The number of amides is 2. The molecule has 1 saturated carbocycles. The standard InChI is InChI=1S/C22H33N5O/c1-2-26(17-5-3-4-6-17)22(28)25-12-11-20-16(15-25)7-10-21(24-20)27-18-8-9-19(27)14-23-13-18/h7,10,17-19,23H,2-6,8-9,11-15H2,1H3. The van der Waals surface area contributed by atoms with Gasteiger partial charge in [-0.05, 0) is 44.2 Å². The molecule has 2 unspecified atom stereocenters. The Balaban J connectivity index is 1.30. The van der Waals surface area contributed by atoms with Crippen molar-refractivity contribution in [3.8, 4) is 0 Å². The third kappa shape index (κ3) is 3.15. The molecule has 4 heterocycles. The van der Waals surface area contributed by atoms with Crippen LogP contribution in [0.25, 0.3) is 0 Å². The Bertz CT molecular complexity index is 716. The van der Waals surface area contributed by atoms with Crippen molar-refractivity contribution in [2.45, 2.75) is 76.5 Å². The lowest BCUT2D eigenvalue weighted by Gasteiger charge is -2.38. The molecule has 3 fully saturated rings. The van der Waals surface area contributed by atoms with Gasteiger partial charge in [0.15, 0.2) is 0 Å². The van der Waals surface area contributed by atoms with Crippen LogP contribution < -0.4 is 10.2 Å². The van der Waals surface area contributed by atoms with Gasteiger partial charge < -0.3 is 20.0 Å². The molecule has 6 heteroatoms. The van der Waals surface area contributed by atoms with Crippen LogP contribution >= 0.6 is 0 Å². The van der Waals surface area contributed by atoms with Crippen LogP contribution in [-0.4, -0.2) is 65.1 Å². The maximum Gasteiger partial charge on any atom is 0.320 e. The SMILES string of the molecule is CCN(C(=O)N1CCc2nc(N3C4CCC3CNC4)ccc2C1)C1CCCC1. The van der Waals surface area contributed by atoms with Crippen molar-refractivity contribution in [2.24, 2.45) is 0 Å². The molecule has 2 amide bonds. The number of hydrogen-bond acceptors (Lipinski definition) is 4. The van der Waals surface area contributed by atoms with Crippen LogP contribution in [0.5, 0.6) is 0 Å². The van der Waals surface area contributed by atoms with E-state index in [-0.39, 0.29) is 6.03 Å². The van der Waals surface area contributed by atoms with E-state index < -0.39 is 0 Å². The summed E-state index contributed by atoms with van der Waals surface area (Å²) in [6, 6.07) is 6.28. The fourth-order valence-corrected chi connectivity index (χ4v) is 5.81. The Hall–Kier alpha value is -1.82. The van der Waals surface area contributed by atoms with Crippen LogP contribution in [0, 0.1) is 0 Å². The van der Waals surface area contributed by atoms with Gasteiger partial charge in [0.05, 0.1) is 0 Å². The summed E-state index contributed by atoms with van der Waals surface area (Å²) in [5.41, 5.74) is 2.43. The Morgan fingerprint density at radius 3 is 2.64 bits per heavy atom. The maximum absolute atomic E-state index is 13.2. The molecule has 3 aliphatic heterocycles. The van der Waals surface area contributed by atoms with Gasteiger partial charge in [-0.1, -0.05) is 18.9 Å². The topological polar surface area (TPSA) is 51.7 Å². The first-order chi connectivity index (χ1) is 13.7. The Labute approximate surface area is 168 Å². The lowest BCUT2D eigenvalue weighted by atomic mass is 10.1. The second-order valence-electron chi connectivity index (χ2n) is 8.90. The number of rotatable bonds is 3. The number of carbonyl (C=O) groups excluding carboxylic acids is 1. The monoisotopic (exact) mass is 383 g/mol. The van der Waals surface area contributed by atoms with E-state index >= 15 is 0 Å². The molecule has 2 bridgehead atoms. The molecule has 0 aromatic carbocycles. The minimum atomic E-state index is 0.226. The van der Waals surface area contributed by atoms with Crippen molar-refractivity contribution in [1.29, 1.82) is 0 Å². The van der Waals surface area contributed by atoms with E-state index in [4.69, 9.17) is 4.98 Å². The molecule has 152 valence electrons. The van der Waals surface area contributed by atoms with Crippen molar-refractivity contribution in [3.05, 3.63) is 23.4 Å². The molecule has 0 radical (unpaired) electrons. The largest absolute Gasteiger partial charge is 0.348 e. The summed E-state index contributed by atoms with van der Waals surface area (Å²) in [6.45, 7) is 6.58. The number of urea groups is 1. The second kappa shape index (κ2) is 7.54. The number of anilines is 1. The minimum Gasteiger partial charge on any atom is -0.348 e. The number of pyridine rings is 1. The summed E-state index contributed by atoms with van der Waals surface area (Å²) >= 11 is 0. The number of carbonyl (C=O) groups is 1. The highest BCUT2D eigenvalue weighted by molar-refractivity contribution is 5.75. The van der Waals surface area contributed by atoms with Crippen LogP contribution in [0.4, 0.5) is 10.6 Å². The molecule has 2 atom stereocenters. The number of piperazine rings is 1. The average Bonchev–Trinajstić information content (AvgIpc) is 3.34. The summed E-state index contributed by atoms with van der Waals surface area (Å²) in [5, 5.41) is 3.55. The van der Waals surface area contributed by atoms with Crippen molar-refractivity contribution < 1.29 is 4.79 Å². The second-order valence-corrected chi connectivity index (χ2v) is 8.90. The van der Waals surface area contributed by atoms with E-state index in [0.717, 1.165) is 38.4 Å². The summed E-state index contributed by atoms with van der Waals surface area (Å²) in [7, 11) is 0. The van der Waals surface area contributed by atoms with E-state index in [2.05, 4.69) is 34.2 Å². The molecular weight excluding hydrogens is 350 g/mol. The normalized spacial score (nSPS) is 27.2. The molecule has 5 rings (SSSR count). The van der Waals surface area contributed by atoms with Gasteiger partial charge in [0.25, 0.3) is 0 Å². The van der Waals surface area contributed by atoms with E-state index in [1.807, 2.05) is 4.90 Å². The summed E-state index contributed by atoms with van der Waals surface area (Å²) in [5.74, 6) is 1.15. The fraction of sp³-hybridized carbons (Fsp3) is 0.727. The highest BCUT2D eigenvalue weighted by Crippen LogP contribution is 2.33. The Morgan fingerprint density at radius 1 is 1.18 bits per heavy atom. The molecule has 0 spiro atoms. The molecular formula is C22H33N5O. The van der Waals surface area contributed by atoms with Crippen LogP contribution in [-0.2, 0) is 13.0 Å². The van der Waals surface area contributed by atoms with Gasteiger partial charge in [0, 0.05) is 63.0 Å². The van der Waals surface area contributed by atoms with Gasteiger partial charge >= 0.3 is 6.03 Å². The minimum absolute atomic E-state index is 0.226. The van der Waals surface area contributed by atoms with Gasteiger partial charge in [-0.2, -0.15) is 0 Å². The predicted octanol–water partition coefficient (Wildman–Crippen LogP) is 2.76. The quantitative estimate of drug-likeness (QED) is 0.872. The summed E-state index contributed by atoms with van der Waals surface area (Å²) in [6.07, 6.45) is 8.28. The van der Waals surface area contributed by atoms with E-state index in [1.165, 1.54) is 49.8 Å². The number of hydrogen-bond donors (Lipinski definition) is 1. The fourth-order valence-electron chi connectivity index (χ4n) is 5.81. The smallest absolute Gasteiger partial charge is 0.320 e. The number of fused-ring (bicyclic) bond motifs is 3. The third-order valence-corrected chi connectivity index (χ3v) is 7.30. The molecule has 1 aromatic heterocycles. The number of aromatic nitrogens is 1. The Kier molecular flexibility index (Phi) is 4.91. The van der Waals surface area contributed by atoms with Gasteiger partial charge in [-0.25, -0.2) is 9.78 Å². The van der Waals surface area contributed by atoms with Crippen molar-refractivity contribution in [3.63, 3.8) is 0 Å². The van der Waals surface area contributed by atoms with Crippen LogP contribution in [0.3, 0.4) is 0 Å². The molecule has 1 aromatic rings. The van der Waals surface area contributed by atoms with Crippen LogP contribution in [0.2, 0.25) is 0 Å². The zero-order valence-electron chi connectivity index (χ0n) is 17.1. The average molecular weight is 384 g/mol. The first-order valence-corrected chi connectivity index (χ1v) is 11.3. The summed E-state index contributed by atoms with van der Waals surface area (Å²) < 4.78 is 0. The zero-order valence-corrected chi connectivity index (χ0v) is 17.1. The highest BCUT2D eigenvalue weighted by atomic mass is 16.2. The van der Waals surface area contributed by atoms with Gasteiger partial charge in [-0.3, -0.25) is 0 Å².